The Hall–Kier alpha value is -1.69. The molecular formula is C10H14N4OS. The molecular weight excluding hydrogens is 224 g/mol. The minimum atomic E-state index is -0.413. The van der Waals surface area contributed by atoms with Gasteiger partial charge in [-0.1, -0.05) is 18.2 Å². The summed E-state index contributed by atoms with van der Waals surface area (Å²) in [6, 6.07) is 6.94. The van der Waals surface area contributed by atoms with Gasteiger partial charge in [-0.3, -0.25) is 10.3 Å². The third kappa shape index (κ3) is 2.90. The number of amides is 2. The number of urea groups is 1. The maximum Gasteiger partial charge on any atom is 0.324 e. The lowest BCUT2D eigenvalue weighted by Gasteiger charge is -2.20. The van der Waals surface area contributed by atoms with Gasteiger partial charge in [0.25, 0.3) is 0 Å². The molecule has 0 atom stereocenters. The molecule has 86 valence electrons. The van der Waals surface area contributed by atoms with Crippen LogP contribution in [-0.2, 0) is 6.54 Å². The van der Waals surface area contributed by atoms with Gasteiger partial charge in [0.05, 0.1) is 6.54 Å². The second-order valence-corrected chi connectivity index (χ2v) is 3.64. The molecule has 0 unspecified atom stereocenters. The van der Waals surface area contributed by atoms with Crippen LogP contribution >= 0.6 is 12.6 Å². The summed E-state index contributed by atoms with van der Waals surface area (Å²) in [7, 11) is 1.49. The average molecular weight is 238 g/mol. The third-order valence-electron chi connectivity index (χ3n) is 2.07. The lowest BCUT2D eigenvalue weighted by Crippen LogP contribution is -2.45. The molecule has 16 heavy (non-hydrogen) atoms. The van der Waals surface area contributed by atoms with E-state index < -0.39 is 6.03 Å². The van der Waals surface area contributed by atoms with E-state index in [0.717, 1.165) is 15.4 Å². The summed E-state index contributed by atoms with van der Waals surface area (Å²) >= 11 is 4.27. The van der Waals surface area contributed by atoms with Crippen LogP contribution in [0.2, 0.25) is 0 Å². The van der Waals surface area contributed by atoms with E-state index >= 15 is 0 Å². The van der Waals surface area contributed by atoms with Crippen molar-refractivity contribution in [3.8, 4) is 0 Å². The van der Waals surface area contributed by atoms with Gasteiger partial charge in [-0.05, 0) is 11.6 Å². The Morgan fingerprint density at radius 3 is 2.69 bits per heavy atom. The summed E-state index contributed by atoms with van der Waals surface area (Å²) in [6.45, 7) is 0.231. The number of nitrogens with two attached hydrogens (primary N) is 1. The van der Waals surface area contributed by atoms with Gasteiger partial charge in [-0.15, -0.1) is 12.6 Å². The van der Waals surface area contributed by atoms with E-state index in [9.17, 15) is 4.79 Å². The van der Waals surface area contributed by atoms with Crippen molar-refractivity contribution >= 4 is 24.6 Å². The predicted octanol–water partition coefficient (Wildman–Crippen LogP) is 1.01. The Balaban J connectivity index is 2.88. The first-order chi connectivity index (χ1) is 7.56. The van der Waals surface area contributed by atoms with Gasteiger partial charge in [0, 0.05) is 11.9 Å². The fraction of sp³-hybridized carbons (Fsp3) is 0.200. The molecule has 0 radical (unpaired) electrons. The fourth-order valence-electron chi connectivity index (χ4n) is 1.22. The highest BCUT2D eigenvalue weighted by Gasteiger charge is 2.15. The number of hydrogen-bond donors (Lipinski definition) is 4. The van der Waals surface area contributed by atoms with Crippen LogP contribution in [0, 0.1) is 5.41 Å². The number of guanidine groups is 1. The van der Waals surface area contributed by atoms with E-state index in [1.165, 1.54) is 7.05 Å². The molecule has 4 N–H and O–H groups in total. The van der Waals surface area contributed by atoms with Gasteiger partial charge in [-0.2, -0.15) is 0 Å². The summed E-state index contributed by atoms with van der Waals surface area (Å²) in [5, 5.41) is 9.75. The monoisotopic (exact) mass is 238 g/mol. The zero-order valence-corrected chi connectivity index (χ0v) is 9.79. The van der Waals surface area contributed by atoms with Gasteiger partial charge < -0.3 is 11.1 Å². The Labute approximate surface area is 99.5 Å². The molecule has 1 rings (SSSR count). The minimum Gasteiger partial charge on any atom is -0.370 e. The van der Waals surface area contributed by atoms with Crippen molar-refractivity contribution in [2.75, 3.05) is 7.05 Å². The molecule has 0 aliphatic heterocycles. The number of nitrogens with zero attached hydrogens (tertiary/aromatic N) is 1. The van der Waals surface area contributed by atoms with Gasteiger partial charge in [0.15, 0.2) is 5.96 Å². The Bertz CT molecular complexity index is 408. The number of nitrogens with one attached hydrogen (secondary N) is 2. The van der Waals surface area contributed by atoms with Crippen molar-refractivity contribution in [3.63, 3.8) is 0 Å². The molecule has 2 amide bonds. The van der Waals surface area contributed by atoms with Crippen LogP contribution in [0.4, 0.5) is 4.79 Å². The van der Waals surface area contributed by atoms with Crippen molar-refractivity contribution in [2.45, 2.75) is 11.4 Å². The average Bonchev–Trinajstić information content (AvgIpc) is 2.26. The van der Waals surface area contributed by atoms with E-state index in [2.05, 4.69) is 17.9 Å². The molecule has 6 heteroatoms. The largest absolute Gasteiger partial charge is 0.370 e. The number of benzene rings is 1. The minimum absolute atomic E-state index is 0.231. The summed E-state index contributed by atoms with van der Waals surface area (Å²) in [4.78, 5) is 13.3. The molecule has 0 spiro atoms. The highest BCUT2D eigenvalue weighted by atomic mass is 32.1. The summed E-state index contributed by atoms with van der Waals surface area (Å²) in [5.41, 5.74) is 6.17. The second kappa shape index (κ2) is 5.41. The molecule has 0 aliphatic rings. The zero-order chi connectivity index (χ0) is 12.1. The van der Waals surface area contributed by atoms with Gasteiger partial charge in [-0.25, -0.2) is 4.79 Å². The summed E-state index contributed by atoms with van der Waals surface area (Å²) < 4.78 is 0. The quantitative estimate of drug-likeness (QED) is 0.352. The van der Waals surface area contributed by atoms with E-state index in [4.69, 9.17) is 11.1 Å². The molecule has 5 nitrogen and oxygen atoms in total. The van der Waals surface area contributed by atoms with Crippen LogP contribution in [0.15, 0.2) is 29.2 Å². The maximum absolute atomic E-state index is 11.4. The Morgan fingerprint density at radius 2 is 2.19 bits per heavy atom. The van der Waals surface area contributed by atoms with Gasteiger partial charge in [0.1, 0.15) is 0 Å². The van der Waals surface area contributed by atoms with Gasteiger partial charge in [0.2, 0.25) is 0 Å². The first kappa shape index (κ1) is 12.4. The van der Waals surface area contributed by atoms with Crippen molar-refractivity contribution in [1.29, 1.82) is 5.41 Å². The molecule has 0 saturated carbocycles. The molecule has 0 aliphatic carbocycles. The van der Waals surface area contributed by atoms with Crippen LogP contribution in [0.25, 0.3) is 0 Å². The third-order valence-corrected chi connectivity index (χ3v) is 2.51. The van der Waals surface area contributed by atoms with E-state index in [0.29, 0.717) is 0 Å². The van der Waals surface area contributed by atoms with Crippen LogP contribution in [0.1, 0.15) is 5.56 Å². The highest BCUT2D eigenvalue weighted by molar-refractivity contribution is 7.80. The smallest absolute Gasteiger partial charge is 0.324 e. The molecule has 0 bridgehead atoms. The normalized spacial score (nSPS) is 9.62. The summed E-state index contributed by atoms with van der Waals surface area (Å²) in [5.74, 6) is -0.295. The van der Waals surface area contributed by atoms with Crippen molar-refractivity contribution in [1.82, 2.24) is 10.2 Å². The Morgan fingerprint density at radius 1 is 1.56 bits per heavy atom. The molecule has 0 aromatic heterocycles. The zero-order valence-electron chi connectivity index (χ0n) is 8.90. The van der Waals surface area contributed by atoms with Crippen LogP contribution in [0.5, 0.6) is 0 Å². The fourth-order valence-corrected chi connectivity index (χ4v) is 1.45. The number of hydrogen-bond acceptors (Lipinski definition) is 3. The molecule has 1 aromatic carbocycles. The van der Waals surface area contributed by atoms with Crippen LogP contribution in [-0.4, -0.2) is 23.9 Å². The molecule has 0 fully saturated rings. The molecule has 1 aromatic rings. The number of thiol groups is 1. The van der Waals surface area contributed by atoms with Crippen molar-refractivity contribution in [2.24, 2.45) is 5.73 Å². The van der Waals surface area contributed by atoms with Crippen LogP contribution in [0.3, 0.4) is 0 Å². The second-order valence-electron chi connectivity index (χ2n) is 3.16. The van der Waals surface area contributed by atoms with E-state index in [-0.39, 0.29) is 12.5 Å². The first-order valence-corrected chi connectivity index (χ1v) is 5.11. The van der Waals surface area contributed by atoms with Gasteiger partial charge >= 0.3 is 6.03 Å². The lowest BCUT2D eigenvalue weighted by molar-refractivity contribution is 0.220. The molecule has 0 heterocycles. The Kier molecular flexibility index (Phi) is 4.19. The predicted molar refractivity (Wildman–Crippen MR) is 65.6 cm³/mol. The topological polar surface area (TPSA) is 82.2 Å². The van der Waals surface area contributed by atoms with Crippen molar-refractivity contribution in [3.05, 3.63) is 29.8 Å². The van der Waals surface area contributed by atoms with Crippen LogP contribution < -0.4 is 11.1 Å². The summed E-state index contributed by atoms with van der Waals surface area (Å²) in [6.07, 6.45) is 0. The number of rotatable bonds is 2. The maximum atomic E-state index is 11.4. The first-order valence-electron chi connectivity index (χ1n) is 4.66. The number of carbonyl (C=O) groups is 1. The SMILES string of the molecule is CNC(=O)N(Cc1ccccc1S)C(=N)N. The lowest BCUT2D eigenvalue weighted by atomic mass is 10.2. The standard InChI is InChI=1S/C10H14N4OS/c1-13-10(15)14(9(11)12)6-7-4-2-3-5-8(7)16/h2-5,16H,6H2,1H3,(H3,11,12)(H,13,15). The number of carbonyl (C=O) groups excluding carboxylic acids is 1. The highest BCUT2D eigenvalue weighted by Crippen LogP contribution is 2.15. The van der Waals surface area contributed by atoms with E-state index in [1.54, 1.807) is 0 Å². The van der Waals surface area contributed by atoms with Crippen molar-refractivity contribution < 1.29 is 4.79 Å². The van der Waals surface area contributed by atoms with E-state index in [1.807, 2.05) is 24.3 Å². The molecule has 0 saturated heterocycles.